The molecule has 0 radical (unpaired) electrons. The van der Waals surface area contributed by atoms with Gasteiger partial charge in [0, 0.05) is 12.7 Å². The predicted molar refractivity (Wildman–Crippen MR) is 91.1 cm³/mol. The number of fused-ring (bicyclic) bond motifs is 2. The summed E-state index contributed by atoms with van der Waals surface area (Å²) in [5, 5.41) is 7.72. The normalized spacial score (nSPS) is 15.9. The van der Waals surface area contributed by atoms with Gasteiger partial charge in [-0.25, -0.2) is 9.50 Å². The molecule has 3 aromatic rings. The quantitative estimate of drug-likeness (QED) is 0.777. The van der Waals surface area contributed by atoms with Crippen molar-refractivity contribution < 1.29 is 0 Å². The van der Waals surface area contributed by atoms with E-state index < -0.39 is 0 Å². The van der Waals surface area contributed by atoms with E-state index in [9.17, 15) is 0 Å². The van der Waals surface area contributed by atoms with Gasteiger partial charge in [0.1, 0.15) is 5.82 Å². The molecule has 0 spiro atoms. The highest BCUT2D eigenvalue weighted by Gasteiger charge is 2.32. The van der Waals surface area contributed by atoms with Crippen LogP contribution in [-0.4, -0.2) is 21.1 Å². The summed E-state index contributed by atoms with van der Waals surface area (Å²) in [5.74, 6) is 0.894. The fourth-order valence-electron chi connectivity index (χ4n) is 3.25. The van der Waals surface area contributed by atoms with E-state index in [1.54, 1.807) is 10.7 Å². The van der Waals surface area contributed by atoms with Crippen LogP contribution in [-0.2, 0) is 12.8 Å². The Balaban J connectivity index is 1.51. The van der Waals surface area contributed by atoms with Crippen LogP contribution in [0.15, 0.2) is 47.2 Å². The molecule has 112 valence electrons. The highest BCUT2D eigenvalue weighted by Crippen LogP contribution is 2.36. The number of hydrogen-bond donors (Lipinski definition) is 1. The van der Waals surface area contributed by atoms with Crippen LogP contribution < -0.4 is 5.32 Å². The molecule has 0 unspecified atom stereocenters. The fraction of sp³-hybridized carbons (Fsp3) is 0.294. The molecule has 0 saturated heterocycles. The summed E-state index contributed by atoms with van der Waals surface area (Å²) in [7, 11) is 0. The van der Waals surface area contributed by atoms with Crippen LogP contribution in [0, 0.1) is 5.41 Å². The van der Waals surface area contributed by atoms with E-state index in [0.717, 1.165) is 35.3 Å². The molecule has 2 heterocycles. The number of benzene rings is 1. The van der Waals surface area contributed by atoms with Crippen molar-refractivity contribution in [3.05, 3.63) is 58.3 Å². The van der Waals surface area contributed by atoms with Crippen LogP contribution >= 0.6 is 15.9 Å². The summed E-state index contributed by atoms with van der Waals surface area (Å²) in [5.41, 5.74) is 4.04. The van der Waals surface area contributed by atoms with Gasteiger partial charge >= 0.3 is 0 Å². The number of nitrogens with one attached hydrogen (secondary N) is 1. The number of anilines is 1. The van der Waals surface area contributed by atoms with Crippen molar-refractivity contribution in [2.24, 2.45) is 5.41 Å². The van der Waals surface area contributed by atoms with Crippen molar-refractivity contribution in [3.8, 4) is 0 Å². The molecule has 4 nitrogen and oxygen atoms in total. The molecule has 1 aliphatic rings. The molecule has 4 rings (SSSR count). The van der Waals surface area contributed by atoms with E-state index in [4.69, 9.17) is 0 Å². The smallest absolute Gasteiger partial charge is 0.171 e. The lowest BCUT2D eigenvalue weighted by Gasteiger charge is -2.24. The number of nitrogens with zero attached hydrogens (tertiary/aromatic N) is 3. The first kappa shape index (κ1) is 13.8. The minimum Gasteiger partial charge on any atom is -0.369 e. The number of halogens is 1. The Morgan fingerprint density at radius 2 is 1.95 bits per heavy atom. The second-order valence-corrected chi connectivity index (χ2v) is 7.21. The number of hydrogen-bond acceptors (Lipinski definition) is 3. The average molecular weight is 357 g/mol. The summed E-state index contributed by atoms with van der Waals surface area (Å²) in [4.78, 5) is 4.62. The zero-order valence-electron chi connectivity index (χ0n) is 12.4. The van der Waals surface area contributed by atoms with E-state index >= 15 is 0 Å². The van der Waals surface area contributed by atoms with Gasteiger partial charge < -0.3 is 5.32 Å². The van der Waals surface area contributed by atoms with Gasteiger partial charge in [-0.15, -0.1) is 0 Å². The minimum atomic E-state index is 0.245. The molecule has 5 heteroatoms. The molecule has 0 atom stereocenters. The standard InChI is InChI=1S/C17H17BrN4/c1-17(8-12-4-2-3-5-13(12)9-17)11-19-15-6-7-22-16(21-15)14(18)10-20-22/h2-7,10H,8-9,11H2,1H3,(H,19,21). The Morgan fingerprint density at radius 3 is 2.68 bits per heavy atom. The summed E-state index contributed by atoms with van der Waals surface area (Å²) in [6, 6.07) is 10.7. The lowest BCUT2D eigenvalue weighted by atomic mass is 9.87. The first-order valence-corrected chi connectivity index (χ1v) is 8.23. The highest BCUT2D eigenvalue weighted by molar-refractivity contribution is 9.10. The summed E-state index contributed by atoms with van der Waals surface area (Å²) in [6.07, 6.45) is 5.94. The van der Waals surface area contributed by atoms with Gasteiger partial charge in [0.05, 0.1) is 10.7 Å². The second-order valence-electron chi connectivity index (χ2n) is 6.36. The molecular formula is C17H17BrN4. The van der Waals surface area contributed by atoms with E-state index in [1.807, 2.05) is 12.3 Å². The zero-order chi connectivity index (χ0) is 15.2. The summed E-state index contributed by atoms with van der Waals surface area (Å²) < 4.78 is 2.68. The van der Waals surface area contributed by atoms with Crippen LogP contribution in [0.3, 0.4) is 0 Å². The Morgan fingerprint density at radius 1 is 1.23 bits per heavy atom. The maximum absolute atomic E-state index is 4.62. The van der Waals surface area contributed by atoms with Crippen molar-refractivity contribution >= 4 is 27.4 Å². The first-order chi connectivity index (χ1) is 10.6. The van der Waals surface area contributed by atoms with Gasteiger partial charge in [0.2, 0.25) is 0 Å². The Hall–Kier alpha value is -1.88. The van der Waals surface area contributed by atoms with E-state index in [2.05, 4.69) is 62.5 Å². The Bertz CT molecular complexity index is 815. The van der Waals surface area contributed by atoms with Gasteiger partial charge in [-0.1, -0.05) is 31.2 Å². The highest BCUT2D eigenvalue weighted by atomic mass is 79.9. The lowest BCUT2D eigenvalue weighted by molar-refractivity contribution is 0.371. The third-order valence-electron chi connectivity index (χ3n) is 4.38. The van der Waals surface area contributed by atoms with Gasteiger partial charge in [-0.2, -0.15) is 5.10 Å². The summed E-state index contributed by atoms with van der Waals surface area (Å²) in [6.45, 7) is 3.25. The van der Waals surface area contributed by atoms with Crippen LogP contribution in [0.2, 0.25) is 0 Å². The Labute approximate surface area is 137 Å². The Kier molecular flexibility index (Phi) is 3.18. The zero-order valence-corrected chi connectivity index (χ0v) is 14.0. The van der Waals surface area contributed by atoms with Gasteiger partial charge in [0.25, 0.3) is 0 Å². The maximum Gasteiger partial charge on any atom is 0.171 e. The van der Waals surface area contributed by atoms with Crippen LogP contribution in [0.25, 0.3) is 5.65 Å². The first-order valence-electron chi connectivity index (χ1n) is 7.44. The van der Waals surface area contributed by atoms with Gasteiger partial charge in [-0.3, -0.25) is 0 Å². The largest absolute Gasteiger partial charge is 0.369 e. The van der Waals surface area contributed by atoms with Gasteiger partial charge in [-0.05, 0) is 51.4 Å². The predicted octanol–water partition coefficient (Wildman–Crippen LogP) is 3.71. The second kappa shape index (κ2) is 5.09. The third-order valence-corrected chi connectivity index (χ3v) is 4.93. The average Bonchev–Trinajstić information content (AvgIpc) is 3.05. The van der Waals surface area contributed by atoms with Gasteiger partial charge in [0.15, 0.2) is 5.65 Å². The summed E-state index contributed by atoms with van der Waals surface area (Å²) >= 11 is 3.47. The van der Waals surface area contributed by atoms with E-state index in [1.165, 1.54) is 11.1 Å². The molecule has 1 aliphatic carbocycles. The molecule has 0 saturated carbocycles. The molecule has 1 N–H and O–H groups in total. The van der Waals surface area contributed by atoms with E-state index in [0.29, 0.717) is 0 Å². The van der Waals surface area contributed by atoms with Crippen molar-refractivity contribution in [2.75, 3.05) is 11.9 Å². The molecule has 22 heavy (non-hydrogen) atoms. The van der Waals surface area contributed by atoms with Crippen LogP contribution in [0.1, 0.15) is 18.1 Å². The molecule has 2 aromatic heterocycles. The monoisotopic (exact) mass is 356 g/mol. The lowest BCUT2D eigenvalue weighted by Crippen LogP contribution is -2.27. The van der Waals surface area contributed by atoms with Crippen molar-refractivity contribution in [2.45, 2.75) is 19.8 Å². The minimum absolute atomic E-state index is 0.245. The molecule has 1 aromatic carbocycles. The molecule has 0 fully saturated rings. The van der Waals surface area contributed by atoms with Crippen molar-refractivity contribution in [1.29, 1.82) is 0 Å². The topological polar surface area (TPSA) is 42.2 Å². The van der Waals surface area contributed by atoms with Crippen LogP contribution in [0.4, 0.5) is 5.82 Å². The molecule has 0 amide bonds. The maximum atomic E-state index is 4.62. The number of rotatable bonds is 3. The van der Waals surface area contributed by atoms with Crippen molar-refractivity contribution in [1.82, 2.24) is 14.6 Å². The molecule has 0 bridgehead atoms. The van der Waals surface area contributed by atoms with Crippen LogP contribution in [0.5, 0.6) is 0 Å². The third kappa shape index (κ3) is 2.39. The van der Waals surface area contributed by atoms with Crippen molar-refractivity contribution in [3.63, 3.8) is 0 Å². The SMILES string of the molecule is CC1(CNc2ccn3ncc(Br)c3n2)Cc2ccccc2C1. The van der Waals surface area contributed by atoms with E-state index in [-0.39, 0.29) is 5.41 Å². The molecular weight excluding hydrogens is 340 g/mol. The number of aromatic nitrogens is 3. The fourth-order valence-corrected chi connectivity index (χ4v) is 3.61. The molecule has 0 aliphatic heterocycles.